The van der Waals surface area contributed by atoms with E-state index in [9.17, 15) is 4.79 Å². The largest absolute Gasteiger partial charge is 0.457 e. The van der Waals surface area contributed by atoms with Gasteiger partial charge in [0.1, 0.15) is 35.6 Å². The third kappa shape index (κ3) is 5.72. The van der Waals surface area contributed by atoms with Crippen molar-refractivity contribution in [1.82, 2.24) is 34.4 Å². The fourth-order valence-corrected chi connectivity index (χ4v) is 5.49. The van der Waals surface area contributed by atoms with Gasteiger partial charge in [0.2, 0.25) is 5.91 Å². The molecule has 11 nitrogen and oxygen atoms in total. The van der Waals surface area contributed by atoms with E-state index in [1.54, 1.807) is 10.6 Å². The number of nitrogens with zero attached hydrogens (tertiary/aromatic N) is 6. The van der Waals surface area contributed by atoms with Gasteiger partial charge in [-0.05, 0) is 81.4 Å². The first-order valence-corrected chi connectivity index (χ1v) is 14.5. The molecule has 5 heterocycles. The number of aromatic amines is 1. The molecule has 44 heavy (non-hydrogen) atoms. The Morgan fingerprint density at radius 2 is 1.98 bits per heavy atom. The Morgan fingerprint density at radius 3 is 2.84 bits per heavy atom. The number of rotatable bonds is 8. The zero-order chi connectivity index (χ0) is 30.0. The van der Waals surface area contributed by atoms with Crippen LogP contribution in [0.25, 0.3) is 27.9 Å². The van der Waals surface area contributed by atoms with Crippen molar-refractivity contribution in [3.63, 3.8) is 0 Å². The van der Waals surface area contributed by atoms with Crippen LogP contribution in [0, 0.1) is 6.92 Å². The number of aromatic nitrogens is 6. The number of amides is 1. The first-order chi connectivity index (χ1) is 21.5. The summed E-state index contributed by atoms with van der Waals surface area (Å²) in [6.45, 7) is 3.06. The van der Waals surface area contributed by atoms with Gasteiger partial charge in [0.15, 0.2) is 5.65 Å². The molecule has 4 aromatic heterocycles. The van der Waals surface area contributed by atoms with Crippen molar-refractivity contribution in [3.05, 3.63) is 97.2 Å². The van der Waals surface area contributed by atoms with Crippen molar-refractivity contribution in [1.29, 1.82) is 0 Å². The molecule has 1 aliphatic rings. The molecule has 0 spiro atoms. The molecule has 1 saturated heterocycles. The van der Waals surface area contributed by atoms with Gasteiger partial charge < -0.3 is 20.4 Å². The fraction of sp³-hybridized carbons (Fsp3) is 0.182. The second-order valence-corrected chi connectivity index (χ2v) is 10.9. The summed E-state index contributed by atoms with van der Waals surface area (Å²) in [6.07, 6.45) is 10.7. The maximum atomic E-state index is 12.6. The summed E-state index contributed by atoms with van der Waals surface area (Å²) >= 11 is 0. The quantitative estimate of drug-likeness (QED) is 0.183. The van der Waals surface area contributed by atoms with Crippen molar-refractivity contribution in [2.24, 2.45) is 0 Å². The molecular formula is C33H31N9O2. The highest BCUT2D eigenvalue weighted by atomic mass is 16.5. The molecule has 0 bridgehead atoms. The molecule has 1 aliphatic heterocycles. The minimum atomic E-state index is -0.139. The van der Waals surface area contributed by atoms with E-state index in [4.69, 9.17) is 4.74 Å². The van der Waals surface area contributed by atoms with E-state index in [-0.39, 0.29) is 5.91 Å². The normalized spacial score (nSPS) is 15.4. The lowest BCUT2D eigenvalue weighted by Crippen LogP contribution is -2.23. The van der Waals surface area contributed by atoms with E-state index in [0.29, 0.717) is 28.9 Å². The smallest absolute Gasteiger partial charge is 0.248 e. The van der Waals surface area contributed by atoms with Gasteiger partial charge in [0.25, 0.3) is 0 Å². The summed E-state index contributed by atoms with van der Waals surface area (Å²) in [5, 5.41) is 11.4. The Morgan fingerprint density at radius 1 is 1.05 bits per heavy atom. The third-order valence-electron chi connectivity index (χ3n) is 7.83. The lowest BCUT2D eigenvalue weighted by atomic mass is 10.1. The molecule has 0 radical (unpaired) electrons. The zero-order valence-electron chi connectivity index (χ0n) is 24.4. The Hall–Kier alpha value is -5.55. The molecule has 6 aromatic rings. The molecule has 1 fully saturated rings. The van der Waals surface area contributed by atoms with Crippen LogP contribution in [0.3, 0.4) is 0 Å². The predicted octanol–water partition coefficient (Wildman–Crippen LogP) is 6.10. The van der Waals surface area contributed by atoms with Crippen LogP contribution in [-0.2, 0) is 4.79 Å². The maximum Gasteiger partial charge on any atom is 0.248 e. The van der Waals surface area contributed by atoms with E-state index in [0.717, 1.165) is 58.7 Å². The standard InChI is InChI=1S/C33H31N9O2/c1-21-15-24(8-10-29(21)44-26-12-14-42-30(17-26)34-20-37-42)39-32-27-18-28(40-33(27)36-19-35-32)22-5-3-6-23(16-22)38-31(43)11-9-25-7-4-13-41(25)2/h3,5-6,8-12,14-20,25H,4,7,13H2,1-2H3,(H,38,43)(H2,35,36,39,40)/b11-9+/t25-/m1/s1. The Labute approximate surface area is 253 Å². The molecule has 0 aliphatic carbocycles. The van der Waals surface area contributed by atoms with Crippen LogP contribution in [-0.4, -0.2) is 60.0 Å². The molecule has 7 rings (SSSR count). The first-order valence-electron chi connectivity index (χ1n) is 14.5. The van der Waals surface area contributed by atoms with Crippen LogP contribution < -0.4 is 15.4 Å². The molecule has 220 valence electrons. The van der Waals surface area contributed by atoms with Crippen LogP contribution in [0.1, 0.15) is 18.4 Å². The minimum absolute atomic E-state index is 0.139. The molecule has 1 atom stereocenters. The molecular weight excluding hydrogens is 554 g/mol. The number of likely N-dealkylation sites (N-methyl/N-ethyl adjacent to an activating group) is 1. The van der Waals surface area contributed by atoms with Crippen LogP contribution in [0.15, 0.2) is 91.7 Å². The van der Waals surface area contributed by atoms with Gasteiger partial charge in [0.05, 0.1) is 5.39 Å². The number of aryl methyl sites for hydroxylation is 1. The number of likely N-dealkylation sites (tertiary alicyclic amines) is 1. The number of pyridine rings is 1. The van der Waals surface area contributed by atoms with Gasteiger partial charge in [-0.1, -0.05) is 18.2 Å². The molecule has 0 unspecified atom stereocenters. The van der Waals surface area contributed by atoms with Gasteiger partial charge in [-0.25, -0.2) is 19.5 Å². The van der Waals surface area contributed by atoms with Crippen molar-refractivity contribution in [2.75, 3.05) is 24.2 Å². The zero-order valence-corrected chi connectivity index (χ0v) is 24.4. The van der Waals surface area contributed by atoms with Crippen molar-refractivity contribution < 1.29 is 9.53 Å². The number of ether oxygens (including phenoxy) is 1. The summed E-state index contributed by atoms with van der Waals surface area (Å²) in [5.41, 5.74) is 5.76. The van der Waals surface area contributed by atoms with E-state index < -0.39 is 0 Å². The summed E-state index contributed by atoms with van der Waals surface area (Å²) in [5.74, 6) is 1.96. The fourth-order valence-electron chi connectivity index (χ4n) is 5.49. The average Bonchev–Trinajstić information content (AvgIpc) is 3.77. The molecule has 3 N–H and O–H groups in total. The number of H-pyrrole nitrogens is 1. The average molecular weight is 586 g/mol. The highest BCUT2D eigenvalue weighted by Gasteiger charge is 2.18. The van der Waals surface area contributed by atoms with Crippen molar-refractivity contribution in [3.8, 4) is 22.8 Å². The third-order valence-corrected chi connectivity index (χ3v) is 7.83. The number of hydrogen-bond acceptors (Lipinski definition) is 8. The van der Waals surface area contributed by atoms with Crippen LogP contribution in [0.5, 0.6) is 11.5 Å². The summed E-state index contributed by atoms with van der Waals surface area (Å²) in [7, 11) is 2.09. The first kappa shape index (κ1) is 27.3. The van der Waals surface area contributed by atoms with Gasteiger partial charge >= 0.3 is 0 Å². The lowest BCUT2D eigenvalue weighted by molar-refractivity contribution is -0.111. The van der Waals surface area contributed by atoms with Crippen LogP contribution in [0.2, 0.25) is 0 Å². The lowest BCUT2D eigenvalue weighted by Gasteiger charge is -2.14. The van der Waals surface area contributed by atoms with Crippen LogP contribution in [0.4, 0.5) is 17.2 Å². The molecule has 2 aromatic carbocycles. The SMILES string of the molecule is Cc1cc(Nc2ncnc3[nH]c(-c4cccc(NC(=O)/C=C/[C@H]5CCCN5C)c4)cc23)ccc1Oc1ccn2ncnc2c1. The summed E-state index contributed by atoms with van der Waals surface area (Å²) in [6, 6.07) is 19.7. The summed E-state index contributed by atoms with van der Waals surface area (Å²) in [4.78, 5) is 31.4. The highest BCUT2D eigenvalue weighted by Crippen LogP contribution is 2.32. The number of anilines is 3. The number of benzene rings is 2. The Kier molecular flexibility index (Phi) is 7.20. The van der Waals surface area contributed by atoms with E-state index in [2.05, 4.69) is 47.6 Å². The molecule has 0 saturated carbocycles. The van der Waals surface area contributed by atoms with Gasteiger partial charge in [0, 0.05) is 47.0 Å². The van der Waals surface area contributed by atoms with Gasteiger partial charge in [-0.2, -0.15) is 5.10 Å². The molecule has 1 amide bonds. The number of hydrogen-bond donors (Lipinski definition) is 3. The topological polar surface area (TPSA) is 125 Å². The second kappa shape index (κ2) is 11.6. The van der Waals surface area contributed by atoms with Gasteiger partial charge in [-0.3, -0.25) is 9.69 Å². The minimum Gasteiger partial charge on any atom is -0.457 e. The number of carbonyl (C=O) groups is 1. The Bertz CT molecular complexity index is 2010. The van der Waals surface area contributed by atoms with Crippen LogP contribution >= 0.6 is 0 Å². The second-order valence-electron chi connectivity index (χ2n) is 10.9. The van der Waals surface area contributed by atoms with E-state index in [1.807, 2.05) is 79.9 Å². The highest BCUT2D eigenvalue weighted by molar-refractivity contribution is 6.00. The van der Waals surface area contributed by atoms with E-state index >= 15 is 0 Å². The maximum absolute atomic E-state index is 12.6. The number of carbonyl (C=O) groups excluding carboxylic acids is 1. The van der Waals surface area contributed by atoms with Crippen molar-refractivity contribution in [2.45, 2.75) is 25.8 Å². The Balaban J connectivity index is 1.07. The summed E-state index contributed by atoms with van der Waals surface area (Å²) < 4.78 is 7.80. The van der Waals surface area contributed by atoms with E-state index in [1.165, 1.54) is 12.7 Å². The van der Waals surface area contributed by atoms with Crippen molar-refractivity contribution >= 4 is 39.8 Å². The monoisotopic (exact) mass is 585 g/mol. The molecule has 11 heteroatoms. The number of nitrogens with one attached hydrogen (secondary N) is 3. The predicted molar refractivity (Wildman–Crippen MR) is 170 cm³/mol. The van der Waals surface area contributed by atoms with Gasteiger partial charge in [-0.15, -0.1) is 0 Å². The number of fused-ring (bicyclic) bond motifs is 2.